The van der Waals surface area contributed by atoms with Crippen LogP contribution in [0.15, 0.2) is 29.1 Å². The van der Waals surface area contributed by atoms with Gasteiger partial charge >= 0.3 is 0 Å². The molecule has 0 N–H and O–H groups in total. The van der Waals surface area contributed by atoms with E-state index < -0.39 is 11.4 Å². The number of benzene rings is 1. The van der Waals surface area contributed by atoms with E-state index in [1.165, 1.54) is 7.05 Å². The molecular weight excluding hydrogens is 363 g/mol. The number of fused-ring (bicyclic) bond motifs is 1. The molecule has 2 aromatic rings. The number of halogens is 1. The molecule has 8 heteroatoms. The molecule has 0 bridgehead atoms. The molecule has 1 aromatic carbocycles. The van der Waals surface area contributed by atoms with E-state index in [0.717, 1.165) is 22.2 Å². The SMILES string of the molecule is C[C@H]1Cc2ccccc2N1C(=O)Cc1nc(N2CCOCC2)c(F)c(=O)n1C. The number of rotatable bonds is 3. The van der Waals surface area contributed by atoms with Gasteiger partial charge in [-0.25, -0.2) is 4.98 Å². The molecule has 148 valence electrons. The number of ether oxygens (including phenoxy) is 1. The maximum Gasteiger partial charge on any atom is 0.291 e. The van der Waals surface area contributed by atoms with Crippen molar-refractivity contribution in [2.24, 2.45) is 7.05 Å². The van der Waals surface area contributed by atoms with Crippen molar-refractivity contribution in [3.05, 3.63) is 51.8 Å². The van der Waals surface area contributed by atoms with Crippen LogP contribution in [0.2, 0.25) is 0 Å². The third-order valence-electron chi connectivity index (χ3n) is 5.41. The Kier molecular flexibility index (Phi) is 4.89. The summed E-state index contributed by atoms with van der Waals surface area (Å²) in [6.07, 6.45) is 0.721. The Bertz CT molecular complexity index is 968. The number of carbonyl (C=O) groups is 1. The van der Waals surface area contributed by atoms with E-state index in [9.17, 15) is 14.0 Å². The minimum Gasteiger partial charge on any atom is -0.378 e. The maximum atomic E-state index is 14.6. The molecule has 1 fully saturated rings. The molecule has 0 spiro atoms. The molecule has 0 unspecified atom stereocenters. The molecule has 28 heavy (non-hydrogen) atoms. The Hall–Kier alpha value is -2.74. The highest BCUT2D eigenvalue weighted by Gasteiger charge is 2.31. The summed E-state index contributed by atoms with van der Waals surface area (Å²) < 4.78 is 21.0. The zero-order chi connectivity index (χ0) is 19.8. The lowest BCUT2D eigenvalue weighted by atomic mass is 10.1. The van der Waals surface area contributed by atoms with E-state index >= 15 is 0 Å². The number of nitrogens with zero attached hydrogens (tertiary/aromatic N) is 4. The molecule has 1 amide bonds. The molecule has 2 aliphatic heterocycles. The van der Waals surface area contributed by atoms with Crippen LogP contribution in [0.1, 0.15) is 18.3 Å². The summed E-state index contributed by atoms with van der Waals surface area (Å²) in [4.78, 5) is 33.3. The first kappa shape index (κ1) is 18.6. The van der Waals surface area contributed by atoms with Gasteiger partial charge in [-0.1, -0.05) is 18.2 Å². The second-order valence-corrected chi connectivity index (χ2v) is 7.25. The minimum atomic E-state index is -0.888. The highest BCUT2D eigenvalue weighted by molar-refractivity contribution is 5.97. The van der Waals surface area contributed by atoms with E-state index in [1.54, 1.807) is 9.80 Å². The van der Waals surface area contributed by atoms with Gasteiger partial charge in [-0.2, -0.15) is 4.39 Å². The number of para-hydroxylation sites is 1. The number of hydrogen-bond donors (Lipinski definition) is 0. The van der Waals surface area contributed by atoms with Gasteiger partial charge in [0.1, 0.15) is 5.82 Å². The number of carbonyl (C=O) groups excluding carboxylic acids is 1. The molecule has 4 rings (SSSR count). The number of anilines is 2. The first-order valence-corrected chi connectivity index (χ1v) is 9.45. The molecule has 0 aliphatic carbocycles. The average Bonchev–Trinajstić information content (AvgIpc) is 3.04. The number of morpholine rings is 1. The first-order valence-electron chi connectivity index (χ1n) is 9.45. The van der Waals surface area contributed by atoms with E-state index in [1.807, 2.05) is 31.2 Å². The van der Waals surface area contributed by atoms with E-state index in [-0.39, 0.29) is 30.0 Å². The van der Waals surface area contributed by atoms with E-state index in [0.29, 0.717) is 26.3 Å². The van der Waals surface area contributed by atoms with Gasteiger partial charge in [-0.15, -0.1) is 0 Å². The molecular formula is C20H23FN4O3. The van der Waals surface area contributed by atoms with Crippen LogP contribution in [0.3, 0.4) is 0 Å². The Morgan fingerprint density at radius 1 is 1.29 bits per heavy atom. The van der Waals surface area contributed by atoms with Crippen molar-refractivity contribution in [2.45, 2.75) is 25.8 Å². The fourth-order valence-electron chi connectivity index (χ4n) is 3.92. The molecule has 1 atom stereocenters. The Balaban J connectivity index is 1.65. The van der Waals surface area contributed by atoms with Crippen molar-refractivity contribution in [2.75, 3.05) is 36.1 Å². The van der Waals surface area contributed by atoms with Crippen LogP contribution >= 0.6 is 0 Å². The van der Waals surface area contributed by atoms with Crippen molar-refractivity contribution >= 4 is 17.4 Å². The van der Waals surface area contributed by atoms with Crippen LogP contribution in [-0.4, -0.2) is 47.8 Å². The van der Waals surface area contributed by atoms with Crippen LogP contribution in [0, 0.1) is 5.82 Å². The summed E-state index contributed by atoms with van der Waals surface area (Å²) >= 11 is 0. The Morgan fingerprint density at radius 2 is 2.00 bits per heavy atom. The highest BCUT2D eigenvalue weighted by Crippen LogP contribution is 2.32. The normalized spacial score (nSPS) is 19.0. The third kappa shape index (κ3) is 3.17. The van der Waals surface area contributed by atoms with Crippen LogP contribution in [-0.2, 0) is 29.4 Å². The summed E-state index contributed by atoms with van der Waals surface area (Å²) in [5.41, 5.74) is 1.24. The van der Waals surface area contributed by atoms with Gasteiger partial charge in [0.15, 0.2) is 5.82 Å². The topological polar surface area (TPSA) is 67.7 Å². The lowest BCUT2D eigenvalue weighted by Gasteiger charge is -2.28. The van der Waals surface area contributed by atoms with Gasteiger partial charge in [0.25, 0.3) is 5.56 Å². The molecule has 1 aromatic heterocycles. The summed E-state index contributed by atoms with van der Waals surface area (Å²) in [7, 11) is 1.45. The van der Waals surface area contributed by atoms with Crippen LogP contribution < -0.4 is 15.4 Å². The van der Waals surface area contributed by atoms with E-state index in [2.05, 4.69) is 4.98 Å². The van der Waals surface area contributed by atoms with Gasteiger partial charge in [-0.3, -0.25) is 14.2 Å². The summed E-state index contributed by atoms with van der Waals surface area (Å²) in [5.74, 6) is -0.779. The lowest BCUT2D eigenvalue weighted by Crippen LogP contribution is -2.41. The quantitative estimate of drug-likeness (QED) is 0.795. The maximum absolute atomic E-state index is 14.6. The molecule has 2 aliphatic rings. The number of aromatic nitrogens is 2. The molecule has 0 saturated carbocycles. The second-order valence-electron chi connectivity index (χ2n) is 7.25. The molecule has 3 heterocycles. The first-order chi connectivity index (χ1) is 13.5. The van der Waals surface area contributed by atoms with Gasteiger partial charge in [0.2, 0.25) is 11.7 Å². The van der Waals surface area contributed by atoms with Crippen molar-refractivity contribution in [3.63, 3.8) is 0 Å². The average molecular weight is 386 g/mol. The predicted molar refractivity (Wildman–Crippen MR) is 103 cm³/mol. The zero-order valence-electron chi connectivity index (χ0n) is 16.0. The summed E-state index contributed by atoms with van der Waals surface area (Å²) in [6.45, 7) is 3.82. The van der Waals surface area contributed by atoms with Gasteiger partial charge in [-0.05, 0) is 25.0 Å². The summed E-state index contributed by atoms with van der Waals surface area (Å²) in [6, 6.07) is 7.83. The molecule has 7 nitrogen and oxygen atoms in total. The fourth-order valence-corrected chi connectivity index (χ4v) is 3.92. The Labute approximate surface area is 162 Å². The van der Waals surface area contributed by atoms with Crippen LogP contribution in [0.4, 0.5) is 15.9 Å². The summed E-state index contributed by atoms with van der Waals surface area (Å²) in [5, 5.41) is 0. The van der Waals surface area contributed by atoms with Gasteiger partial charge < -0.3 is 14.5 Å². The number of hydrogen-bond acceptors (Lipinski definition) is 5. The second kappa shape index (κ2) is 7.35. The third-order valence-corrected chi connectivity index (χ3v) is 5.41. The lowest BCUT2D eigenvalue weighted by molar-refractivity contribution is -0.118. The number of amides is 1. The van der Waals surface area contributed by atoms with Crippen molar-refractivity contribution in [1.29, 1.82) is 0 Å². The smallest absolute Gasteiger partial charge is 0.291 e. The fraction of sp³-hybridized carbons (Fsp3) is 0.450. The van der Waals surface area contributed by atoms with Crippen molar-refractivity contribution in [3.8, 4) is 0 Å². The highest BCUT2D eigenvalue weighted by atomic mass is 19.1. The molecule has 1 saturated heterocycles. The van der Waals surface area contributed by atoms with Crippen molar-refractivity contribution in [1.82, 2.24) is 9.55 Å². The monoisotopic (exact) mass is 386 g/mol. The van der Waals surface area contributed by atoms with E-state index in [4.69, 9.17) is 4.74 Å². The van der Waals surface area contributed by atoms with Gasteiger partial charge in [0, 0.05) is 31.9 Å². The zero-order valence-corrected chi connectivity index (χ0v) is 16.0. The largest absolute Gasteiger partial charge is 0.378 e. The predicted octanol–water partition coefficient (Wildman–Crippen LogP) is 1.28. The van der Waals surface area contributed by atoms with Gasteiger partial charge in [0.05, 0.1) is 19.6 Å². The van der Waals surface area contributed by atoms with Crippen molar-refractivity contribution < 1.29 is 13.9 Å². The van der Waals surface area contributed by atoms with Crippen LogP contribution in [0.5, 0.6) is 0 Å². The standard InChI is InChI=1S/C20H23FN4O3/c1-13-11-14-5-3-4-6-15(14)25(13)17(26)12-16-22-19(18(21)20(27)23(16)2)24-7-9-28-10-8-24/h3-6,13H,7-12H2,1-2H3/t13-/m0/s1. The molecule has 0 radical (unpaired) electrons. The van der Waals surface area contributed by atoms with Crippen LogP contribution in [0.25, 0.3) is 0 Å². The minimum absolute atomic E-state index is 0.00377. The Morgan fingerprint density at radius 3 is 2.75 bits per heavy atom.